The number of hydrogen-bond donors (Lipinski definition) is 2. The number of nitrogens with one attached hydrogen (secondary N) is 1. The second-order valence-corrected chi connectivity index (χ2v) is 6.17. The zero-order chi connectivity index (χ0) is 12.9. The van der Waals surface area contributed by atoms with Gasteiger partial charge >= 0.3 is 0 Å². The first-order valence-electron chi connectivity index (χ1n) is 5.24. The van der Waals surface area contributed by atoms with Crippen molar-refractivity contribution in [1.29, 1.82) is 0 Å². The van der Waals surface area contributed by atoms with Crippen molar-refractivity contribution in [2.45, 2.75) is 12.5 Å². The van der Waals surface area contributed by atoms with E-state index in [2.05, 4.69) is 5.43 Å². The lowest BCUT2D eigenvalue weighted by molar-refractivity contribution is 0.414. The Morgan fingerprint density at radius 3 is 2.35 bits per heavy atom. The molecule has 0 aromatic heterocycles. The summed E-state index contributed by atoms with van der Waals surface area (Å²) >= 11 is 0. The van der Waals surface area contributed by atoms with E-state index in [1.165, 1.54) is 6.26 Å². The average Bonchev–Trinajstić information content (AvgIpc) is 2.29. The molecule has 0 spiro atoms. The summed E-state index contributed by atoms with van der Waals surface area (Å²) in [6, 6.07) is 7.20. The highest BCUT2D eigenvalue weighted by Gasteiger charge is 2.12. The fraction of sp³-hybridized carbons (Fsp3) is 0.455. The van der Waals surface area contributed by atoms with Gasteiger partial charge in [-0.05, 0) is 24.1 Å². The van der Waals surface area contributed by atoms with Gasteiger partial charge in [-0.15, -0.1) is 0 Å². The first-order valence-corrected chi connectivity index (χ1v) is 7.30. The van der Waals surface area contributed by atoms with Crippen LogP contribution in [0, 0.1) is 0 Å². The Hall–Kier alpha value is -1.11. The molecular formula is C11H18N2O3S. The Morgan fingerprint density at radius 1 is 1.35 bits per heavy atom. The molecule has 0 aliphatic rings. The van der Waals surface area contributed by atoms with Crippen LogP contribution in [0.3, 0.4) is 0 Å². The van der Waals surface area contributed by atoms with Crippen LogP contribution in [0.5, 0.6) is 5.75 Å². The van der Waals surface area contributed by atoms with Gasteiger partial charge in [-0.3, -0.25) is 11.3 Å². The van der Waals surface area contributed by atoms with Crippen LogP contribution in [0.25, 0.3) is 0 Å². The molecule has 5 nitrogen and oxygen atoms in total. The quantitative estimate of drug-likeness (QED) is 0.578. The van der Waals surface area contributed by atoms with Crippen molar-refractivity contribution >= 4 is 9.84 Å². The number of benzene rings is 1. The van der Waals surface area contributed by atoms with Crippen molar-refractivity contribution in [3.63, 3.8) is 0 Å². The van der Waals surface area contributed by atoms with Gasteiger partial charge in [-0.1, -0.05) is 12.1 Å². The standard InChI is InChI=1S/C11H18N2O3S/c1-16-10-5-3-9(4-6-10)11(13-12)7-8-17(2,14)15/h3-6,11,13H,7-8,12H2,1-2H3. The maximum absolute atomic E-state index is 11.1. The normalized spacial score (nSPS) is 13.4. The summed E-state index contributed by atoms with van der Waals surface area (Å²) in [5.41, 5.74) is 3.56. The van der Waals surface area contributed by atoms with Crippen molar-refractivity contribution in [2.75, 3.05) is 19.1 Å². The fourth-order valence-electron chi connectivity index (χ4n) is 1.51. The van der Waals surface area contributed by atoms with Crippen LogP contribution in [0.4, 0.5) is 0 Å². The van der Waals surface area contributed by atoms with Gasteiger partial charge in [0.25, 0.3) is 0 Å². The molecule has 6 heteroatoms. The van der Waals surface area contributed by atoms with Crippen LogP contribution in [-0.2, 0) is 9.84 Å². The number of hydrogen-bond acceptors (Lipinski definition) is 5. The van der Waals surface area contributed by atoms with E-state index in [1.54, 1.807) is 7.11 Å². The summed E-state index contributed by atoms with van der Waals surface area (Å²) in [7, 11) is -1.38. The molecule has 1 aromatic rings. The molecular weight excluding hydrogens is 240 g/mol. The van der Waals surface area contributed by atoms with Crippen LogP contribution >= 0.6 is 0 Å². The maximum atomic E-state index is 11.1. The second kappa shape index (κ2) is 6.00. The molecule has 17 heavy (non-hydrogen) atoms. The molecule has 0 radical (unpaired) electrons. The Balaban J connectivity index is 2.72. The molecule has 1 atom stereocenters. The van der Waals surface area contributed by atoms with Crippen LogP contribution in [0.1, 0.15) is 18.0 Å². The molecule has 0 aliphatic carbocycles. The van der Waals surface area contributed by atoms with E-state index < -0.39 is 9.84 Å². The Morgan fingerprint density at radius 2 is 1.94 bits per heavy atom. The predicted octanol–water partition coefficient (Wildman–Crippen LogP) is 0.634. The maximum Gasteiger partial charge on any atom is 0.147 e. The SMILES string of the molecule is COc1ccc(C(CCS(C)(=O)=O)NN)cc1. The van der Waals surface area contributed by atoms with Crippen molar-refractivity contribution in [2.24, 2.45) is 5.84 Å². The molecule has 0 heterocycles. The van der Waals surface area contributed by atoms with E-state index >= 15 is 0 Å². The molecule has 1 rings (SSSR count). The van der Waals surface area contributed by atoms with Gasteiger partial charge in [-0.2, -0.15) is 0 Å². The lowest BCUT2D eigenvalue weighted by Crippen LogP contribution is -2.29. The molecule has 0 fully saturated rings. The van der Waals surface area contributed by atoms with E-state index in [9.17, 15) is 8.42 Å². The van der Waals surface area contributed by atoms with Crippen molar-refractivity contribution in [3.8, 4) is 5.75 Å². The van der Waals surface area contributed by atoms with Gasteiger partial charge in [0.2, 0.25) is 0 Å². The van der Waals surface area contributed by atoms with Crippen LogP contribution in [0.2, 0.25) is 0 Å². The summed E-state index contributed by atoms with van der Waals surface area (Å²) in [5.74, 6) is 6.29. The molecule has 0 bridgehead atoms. The van der Waals surface area contributed by atoms with Crippen LogP contribution in [0.15, 0.2) is 24.3 Å². The van der Waals surface area contributed by atoms with E-state index in [0.29, 0.717) is 6.42 Å². The number of methoxy groups -OCH3 is 1. The van der Waals surface area contributed by atoms with E-state index in [-0.39, 0.29) is 11.8 Å². The first kappa shape index (κ1) is 14.0. The molecule has 96 valence electrons. The fourth-order valence-corrected chi connectivity index (χ4v) is 2.18. The minimum absolute atomic E-state index is 0.105. The molecule has 1 aromatic carbocycles. The number of ether oxygens (including phenoxy) is 1. The van der Waals surface area contributed by atoms with Crippen molar-refractivity contribution in [1.82, 2.24) is 5.43 Å². The number of rotatable bonds is 6. The first-order chi connectivity index (χ1) is 7.96. The summed E-state index contributed by atoms with van der Waals surface area (Å²) in [4.78, 5) is 0. The third-order valence-corrected chi connectivity index (χ3v) is 3.47. The molecule has 0 saturated heterocycles. The van der Waals surface area contributed by atoms with Crippen LogP contribution in [-0.4, -0.2) is 27.5 Å². The van der Waals surface area contributed by atoms with Gasteiger partial charge in [-0.25, -0.2) is 8.42 Å². The summed E-state index contributed by atoms with van der Waals surface area (Å²) in [6.45, 7) is 0. The monoisotopic (exact) mass is 258 g/mol. The molecule has 3 N–H and O–H groups in total. The number of sulfone groups is 1. The second-order valence-electron chi connectivity index (χ2n) is 3.91. The van der Waals surface area contributed by atoms with Gasteiger partial charge < -0.3 is 4.74 Å². The largest absolute Gasteiger partial charge is 0.497 e. The third-order valence-electron chi connectivity index (χ3n) is 2.50. The zero-order valence-electron chi connectivity index (χ0n) is 10.0. The van der Waals surface area contributed by atoms with E-state index in [1.807, 2.05) is 24.3 Å². The zero-order valence-corrected chi connectivity index (χ0v) is 10.8. The Labute approximate surface area is 102 Å². The van der Waals surface area contributed by atoms with Crippen molar-refractivity contribution < 1.29 is 13.2 Å². The lowest BCUT2D eigenvalue weighted by atomic mass is 10.1. The Bertz CT molecular complexity index is 442. The summed E-state index contributed by atoms with van der Waals surface area (Å²) in [5, 5.41) is 0. The lowest BCUT2D eigenvalue weighted by Gasteiger charge is -2.16. The summed E-state index contributed by atoms with van der Waals surface area (Å²) in [6.07, 6.45) is 1.66. The smallest absolute Gasteiger partial charge is 0.147 e. The van der Waals surface area contributed by atoms with E-state index in [0.717, 1.165) is 11.3 Å². The van der Waals surface area contributed by atoms with Gasteiger partial charge in [0.1, 0.15) is 15.6 Å². The minimum Gasteiger partial charge on any atom is -0.497 e. The topological polar surface area (TPSA) is 81.4 Å². The minimum atomic E-state index is -2.97. The average molecular weight is 258 g/mol. The molecule has 0 amide bonds. The number of nitrogens with two attached hydrogens (primary N) is 1. The van der Waals surface area contributed by atoms with Crippen LogP contribution < -0.4 is 16.0 Å². The predicted molar refractivity (Wildman–Crippen MR) is 67.4 cm³/mol. The molecule has 0 saturated carbocycles. The van der Waals surface area contributed by atoms with Gasteiger partial charge in [0.05, 0.1) is 12.9 Å². The molecule has 1 unspecified atom stereocenters. The summed E-state index contributed by atoms with van der Waals surface area (Å²) < 4.78 is 27.2. The van der Waals surface area contributed by atoms with Gasteiger partial charge in [0.15, 0.2) is 0 Å². The van der Waals surface area contributed by atoms with Gasteiger partial charge in [0, 0.05) is 12.3 Å². The highest BCUT2D eigenvalue weighted by atomic mass is 32.2. The number of hydrazine groups is 1. The van der Waals surface area contributed by atoms with Crippen molar-refractivity contribution in [3.05, 3.63) is 29.8 Å². The third kappa shape index (κ3) is 4.72. The van der Waals surface area contributed by atoms with E-state index in [4.69, 9.17) is 10.6 Å². The highest BCUT2D eigenvalue weighted by Crippen LogP contribution is 2.19. The molecule has 0 aliphatic heterocycles. The Kier molecular flexibility index (Phi) is 4.92. The highest BCUT2D eigenvalue weighted by molar-refractivity contribution is 7.90.